The van der Waals surface area contributed by atoms with Crippen LogP contribution in [-0.2, 0) is 24.4 Å². The van der Waals surface area contributed by atoms with E-state index in [1.165, 1.54) is 0 Å². The number of aryl methyl sites for hydroxylation is 1. The Balaban J connectivity index is 1.46. The predicted octanol–water partition coefficient (Wildman–Crippen LogP) is 4.66. The highest BCUT2D eigenvalue weighted by molar-refractivity contribution is 7.13. The van der Waals surface area contributed by atoms with Gasteiger partial charge < -0.3 is 15.0 Å². The Morgan fingerprint density at radius 3 is 2.50 bits per heavy atom. The molecule has 0 saturated heterocycles. The van der Waals surface area contributed by atoms with Gasteiger partial charge in [0.25, 0.3) is 5.91 Å². The van der Waals surface area contributed by atoms with Gasteiger partial charge in [0.05, 0.1) is 18.5 Å². The second-order valence-electron chi connectivity index (χ2n) is 9.23. The maximum Gasteiger partial charge on any atom is 0.273 e. The van der Waals surface area contributed by atoms with Gasteiger partial charge in [-0.15, -0.1) is 11.3 Å². The smallest absolute Gasteiger partial charge is 0.273 e. The molecule has 0 radical (unpaired) electrons. The van der Waals surface area contributed by atoms with Gasteiger partial charge in [-0.25, -0.2) is 0 Å². The summed E-state index contributed by atoms with van der Waals surface area (Å²) in [6, 6.07) is 21.3. The van der Waals surface area contributed by atoms with Gasteiger partial charge >= 0.3 is 0 Å². The number of carbonyl (C=O) groups excluding carboxylic acids is 2. The maximum absolute atomic E-state index is 13.8. The molecule has 0 saturated carbocycles. The van der Waals surface area contributed by atoms with Crippen molar-refractivity contribution < 1.29 is 14.3 Å². The van der Waals surface area contributed by atoms with E-state index in [2.05, 4.69) is 5.32 Å². The van der Waals surface area contributed by atoms with Crippen molar-refractivity contribution >= 4 is 23.2 Å². The summed E-state index contributed by atoms with van der Waals surface area (Å²) >= 11 is 1.57. The number of nitrogens with zero attached hydrogens (tertiary/aromatic N) is 3. The molecule has 184 valence electrons. The van der Waals surface area contributed by atoms with E-state index in [0.29, 0.717) is 18.8 Å². The molecule has 2 amide bonds. The Morgan fingerprint density at radius 2 is 1.83 bits per heavy atom. The molecule has 8 heteroatoms. The number of hydrogen-bond donors (Lipinski definition) is 1. The lowest BCUT2D eigenvalue weighted by atomic mass is 9.94. The summed E-state index contributed by atoms with van der Waals surface area (Å²) < 4.78 is 6.89. The third-order valence-electron chi connectivity index (χ3n) is 6.63. The molecule has 0 spiro atoms. The van der Waals surface area contributed by atoms with Crippen LogP contribution in [0.15, 0.2) is 72.1 Å². The number of fused-ring (bicyclic) bond motifs is 1. The molecule has 1 N–H and O–H groups in total. The number of benzene rings is 2. The zero-order chi connectivity index (χ0) is 25.3. The van der Waals surface area contributed by atoms with Crippen LogP contribution in [0.3, 0.4) is 0 Å². The van der Waals surface area contributed by atoms with E-state index in [1.54, 1.807) is 28.0 Å². The third-order valence-corrected chi connectivity index (χ3v) is 7.53. The van der Waals surface area contributed by atoms with E-state index in [1.807, 2.05) is 86.0 Å². The molecule has 7 nitrogen and oxygen atoms in total. The van der Waals surface area contributed by atoms with E-state index in [-0.39, 0.29) is 18.4 Å². The van der Waals surface area contributed by atoms with Gasteiger partial charge in [0.2, 0.25) is 5.91 Å². The van der Waals surface area contributed by atoms with Crippen LogP contribution in [0.4, 0.5) is 0 Å². The van der Waals surface area contributed by atoms with Gasteiger partial charge in [0.15, 0.2) is 0 Å². The van der Waals surface area contributed by atoms with Gasteiger partial charge in [-0.1, -0.05) is 48.0 Å². The number of nitrogens with one attached hydrogen (secondary N) is 1. The molecule has 1 aliphatic rings. The van der Waals surface area contributed by atoms with Crippen LogP contribution < -0.4 is 10.1 Å². The molecular weight excluding hydrogens is 472 g/mol. The first kappa shape index (κ1) is 23.8. The minimum absolute atomic E-state index is 0.209. The van der Waals surface area contributed by atoms with Crippen LogP contribution in [-0.4, -0.2) is 39.1 Å². The van der Waals surface area contributed by atoms with Crippen molar-refractivity contribution in [3.05, 3.63) is 94.5 Å². The minimum atomic E-state index is -1.12. The van der Waals surface area contributed by atoms with Crippen molar-refractivity contribution in [2.24, 2.45) is 0 Å². The molecule has 3 heterocycles. The lowest BCUT2D eigenvalue weighted by molar-refractivity contribution is -0.133. The molecule has 1 atom stereocenters. The first-order valence-corrected chi connectivity index (χ1v) is 12.7. The monoisotopic (exact) mass is 500 g/mol. The molecule has 0 bridgehead atoms. The Labute approximate surface area is 214 Å². The highest BCUT2D eigenvalue weighted by atomic mass is 32.1. The van der Waals surface area contributed by atoms with Crippen molar-refractivity contribution in [2.45, 2.75) is 39.0 Å². The van der Waals surface area contributed by atoms with Gasteiger partial charge in [-0.05, 0) is 54.6 Å². The van der Waals surface area contributed by atoms with Gasteiger partial charge in [0, 0.05) is 13.1 Å². The summed E-state index contributed by atoms with van der Waals surface area (Å²) in [6.45, 7) is 4.78. The van der Waals surface area contributed by atoms with Crippen LogP contribution >= 0.6 is 11.3 Å². The summed E-state index contributed by atoms with van der Waals surface area (Å²) in [7, 11) is 1.62. The number of carbonyl (C=O) groups is 2. The fraction of sp³-hybridized carbons (Fsp3) is 0.250. The zero-order valence-electron chi connectivity index (χ0n) is 20.5. The zero-order valence-corrected chi connectivity index (χ0v) is 21.3. The van der Waals surface area contributed by atoms with Crippen molar-refractivity contribution in [1.29, 1.82) is 0 Å². The lowest BCUT2D eigenvalue weighted by Gasteiger charge is -2.43. The molecular formula is C28H28N4O3S. The van der Waals surface area contributed by atoms with Crippen LogP contribution in [0.1, 0.15) is 34.1 Å². The van der Waals surface area contributed by atoms with Crippen LogP contribution in [0.5, 0.6) is 5.75 Å². The quantitative estimate of drug-likeness (QED) is 0.401. The normalized spacial score (nSPS) is 17.1. The van der Waals surface area contributed by atoms with E-state index in [0.717, 1.165) is 33.0 Å². The fourth-order valence-electron chi connectivity index (χ4n) is 4.43. The number of aromatic nitrogens is 2. The summed E-state index contributed by atoms with van der Waals surface area (Å²) in [5, 5.41) is 9.72. The standard InChI is InChI=1S/C28H28N4O3S/c1-19-6-8-21(9-7-19)17-31-26(33)24-15-23(25-5-4-14-36-25)30-32(24)18-28(31,2)27(34)29-16-20-10-12-22(35-3)13-11-20/h4-15H,16-18H2,1-3H3,(H,29,34)/t28-/m1/s1. The van der Waals surface area contributed by atoms with E-state index in [4.69, 9.17) is 9.84 Å². The first-order valence-electron chi connectivity index (χ1n) is 11.8. The van der Waals surface area contributed by atoms with Gasteiger partial charge in [-0.3, -0.25) is 14.3 Å². The Kier molecular flexibility index (Phi) is 6.36. The average molecular weight is 501 g/mol. The largest absolute Gasteiger partial charge is 0.497 e. The Hall–Kier alpha value is -3.91. The second kappa shape index (κ2) is 9.62. The highest BCUT2D eigenvalue weighted by Gasteiger charge is 2.48. The van der Waals surface area contributed by atoms with Crippen molar-refractivity contribution in [1.82, 2.24) is 20.0 Å². The van der Waals surface area contributed by atoms with Crippen LogP contribution in [0.2, 0.25) is 0 Å². The molecule has 5 rings (SSSR count). The molecule has 1 aliphatic heterocycles. The minimum Gasteiger partial charge on any atom is -0.497 e. The molecule has 4 aromatic rings. The average Bonchev–Trinajstić information content (AvgIpc) is 3.57. The van der Waals surface area contributed by atoms with Crippen molar-refractivity contribution in [3.63, 3.8) is 0 Å². The molecule has 2 aromatic carbocycles. The topological polar surface area (TPSA) is 76.5 Å². The number of hydrogen-bond acceptors (Lipinski definition) is 5. The van der Waals surface area contributed by atoms with Crippen LogP contribution in [0.25, 0.3) is 10.6 Å². The van der Waals surface area contributed by atoms with Gasteiger partial charge in [-0.2, -0.15) is 5.10 Å². The maximum atomic E-state index is 13.8. The summed E-state index contributed by atoms with van der Waals surface area (Å²) in [4.78, 5) is 30.2. The van der Waals surface area contributed by atoms with Gasteiger partial charge in [0.1, 0.15) is 22.7 Å². The van der Waals surface area contributed by atoms with E-state index in [9.17, 15) is 9.59 Å². The predicted molar refractivity (Wildman–Crippen MR) is 140 cm³/mol. The molecule has 0 fully saturated rings. The van der Waals surface area contributed by atoms with E-state index < -0.39 is 5.54 Å². The SMILES string of the molecule is COc1ccc(CNC(=O)[C@@]2(C)Cn3nc(-c4cccs4)cc3C(=O)N2Cc2ccc(C)cc2)cc1. The van der Waals surface area contributed by atoms with Crippen molar-refractivity contribution in [2.75, 3.05) is 7.11 Å². The molecule has 36 heavy (non-hydrogen) atoms. The van der Waals surface area contributed by atoms with Crippen LogP contribution in [0, 0.1) is 6.92 Å². The first-order chi connectivity index (χ1) is 17.4. The molecule has 0 unspecified atom stereocenters. The Bertz CT molecular complexity index is 1380. The lowest BCUT2D eigenvalue weighted by Crippen LogP contribution is -2.63. The highest BCUT2D eigenvalue weighted by Crippen LogP contribution is 2.32. The number of amides is 2. The number of thiophene rings is 1. The second-order valence-corrected chi connectivity index (χ2v) is 10.2. The third kappa shape index (κ3) is 4.52. The molecule has 2 aromatic heterocycles. The summed E-state index contributed by atoms with van der Waals surface area (Å²) in [6.07, 6.45) is 0. The number of methoxy groups -OCH3 is 1. The van der Waals surface area contributed by atoms with E-state index >= 15 is 0 Å². The molecule has 0 aliphatic carbocycles. The van der Waals surface area contributed by atoms with Crippen molar-refractivity contribution in [3.8, 4) is 16.3 Å². The fourth-order valence-corrected chi connectivity index (χ4v) is 5.11. The summed E-state index contributed by atoms with van der Waals surface area (Å²) in [5.74, 6) is 0.323. The number of rotatable bonds is 7. The number of ether oxygens (including phenoxy) is 1. The summed E-state index contributed by atoms with van der Waals surface area (Å²) in [5.41, 5.74) is 3.16. The Morgan fingerprint density at radius 1 is 1.11 bits per heavy atom.